The molecule has 3 unspecified atom stereocenters. The highest BCUT2D eigenvalue weighted by Crippen LogP contribution is 2.54. The minimum absolute atomic E-state index is 0.467. The minimum atomic E-state index is 0.467. The summed E-state index contributed by atoms with van der Waals surface area (Å²) in [6, 6.07) is 7.77. The van der Waals surface area contributed by atoms with Crippen LogP contribution in [0.2, 0.25) is 0 Å². The number of methoxy groups -OCH3 is 1. The predicted octanol–water partition coefficient (Wildman–Crippen LogP) is 3.24. The fourth-order valence-electron chi connectivity index (χ4n) is 5.69. The molecule has 1 N–H and O–H groups in total. The van der Waals surface area contributed by atoms with Crippen molar-refractivity contribution in [1.82, 2.24) is 5.32 Å². The molecule has 2 bridgehead atoms. The second-order valence-electron chi connectivity index (χ2n) is 7.82. The van der Waals surface area contributed by atoms with Gasteiger partial charge in [-0.25, -0.2) is 0 Å². The highest BCUT2D eigenvalue weighted by molar-refractivity contribution is 5.45. The SMILES string of the molecule is COCCOCCc1cccc2c1CC1NCCC23CCCCC13. The van der Waals surface area contributed by atoms with Gasteiger partial charge in [-0.3, -0.25) is 0 Å². The van der Waals surface area contributed by atoms with Gasteiger partial charge in [-0.1, -0.05) is 31.0 Å². The van der Waals surface area contributed by atoms with Crippen molar-refractivity contribution in [2.75, 3.05) is 33.5 Å². The first-order valence-electron chi connectivity index (χ1n) is 9.76. The quantitative estimate of drug-likeness (QED) is 0.813. The molecule has 3 atom stereocenters. The number of piperidine rings is 1. The van der Waals surface area contributed by atoms with E-state index in [2.05, 4.69) is 23.5 Å². The standard InChI is InChI=1S/C21H31NO2/c1-23-13-14-24-12-8-16-5-4-7-18-17(16)15-20-19-6-2-3-9-21(18,19)10-11-22-20/h4-5,7,19-20,22H,2-3,6,8-15H2,1H3. The topological polar surface area (TPSA) is 30.5 Å². The van der Waals surface area contributed by atoms with E-state index in [1.54, 1.807) is 18.2 Å². The number of fused-ring (bicyclic) bond motifs is 1. The second kappa shape index (κ2) is 7.15. The Morgan fingerprint density at radius 2 is 2.12 bits per heavy atom. The summed E-state index contributed by atoms with van der Waals surface area (Å²) >= 11 is 0. The molecule has 0 spiro atoms. The number of nitrogens with one attached hydrogen (secondary N) is 1. The molecule has 2 aliphatic carbocycles. The minimum Gasteiger partial charge on any atom is -0.382 e. The van der Waals surface area contributed by atoms with Crippen LogP contribution in [0.25, 0.3) is 0 Å². The lowest BCUT2D eigenvalue weighted by Crippen LogP contribution is -2.59. The van der Waals surface area contributed by atoms with E-state index in [1.807, 2.05) is 0 Å². The van der Waals surface area contributed by atoms with Crippen LogP contribution in [-0.4, -0.2) is 39.5 Å². The largest absolute Gasteiger partial charge is 0.382 e. The van der Waals surface area contributed by atoms with Crippen molar-refractivity contribution in [3.63, 3.8) is 0 Å². The molecule has 1 aliphatic heterocycles. The average Bonchev–Trinajstić information content (AvgIpc) is 2.62. The van der Waals surface area contributed by atoms with E-state index in [9.17, 15) is 0 Å². The van der Waals surface area contributed by atoms with Crippen molar-refractivity contribution in [2.45, 2.75) is 56.4 Å². The molecule has 1 saturated heterocycles. The molecule has 1 saturated carbocycles. The molecule has 1 aromatic rings. The van der Waals surface area contributed by atoms with Crippen LogP contribution in [-0.2, 0) is 27.7 Å². The summed E-state index contributed by atoms with van der Waals surface area (Å²) in [4.78, 5) is 0. The van der Waals surface area contributed by atoms with Gasteiger partial charge in [0, 0.05) is 18.6 Å². The molecule has 132 valence electrons. The molecule has 3 aliphatic rings. The molecule has 24 heavy (non-hydrogen) atoms. The van der Waals surface area contributed by atoms with Crippen LogP contribution >= 0.6 is 0 Å². The molecule has 1 aromatic carbocycles. The molecule has 0 amide bonds. The fraction of sp³-hybridized carbons (Fsp3) is 0.714. The number of hydrogen-bond acceptors (Lipinski definition) is 3. The lowest BCUT2D eigenvalue weighted by Gasteiger charge is -2.56. The highest BCUT2D eigenvalue weighted by atomic mass is 16.5. The molecule has 0 radical (unpaired) electrons. The van der Waals surface area contributed by atoms with Crippen LogP contribution in [0.5, 0.6) is 0 Å². The summed E-state index contributed by atoms with van der Waals surface area (Å²) in [6.45, 7) is 3.38. The van der Waals surface area contributed by atoms with Crippen molar-refractivity contribution in [2.24, 2.45) is 5.92 Å². The van der Waals surface area contributed by atoms with Crippen molar-refractivity contribution in [3.05, 3.63) is 34.9 Å². The maximum atomic E-state index is 5.73. The fourth-order valence-corrected chi connectivity index (χ4v) is 5.69. The maximum absolute atomic E-state index is 5.73. The van der Waals surface area contributed by atoms with Crippen molar-refractivity contribution in [1.29, 1.82) is 0 Å². The summed E-state index contributed by atoms with van der Waals surface area (Å²) < 4.78 is 10.8. The smallest absolute Gasteiger partial charge is 0.0700 e. The first kappa shape index (κ1) is 16.6. The van der Waals surface area contributed by atoms with Crippen molar-refractivity contribution < 1.29 is 9.47 Å². The van der Waals surface area contributed by atoms with E-state index >= 15 is 0 Å². The Bertz CT molecular complexity index is 569. The van der Waals surface area contributed by atoms with E-state index < -0.39 is 0 Å². The molecule has 0 aromatic heterocycles. The Labute approximate surface area is 146 Å². The molecular formula is C21H31NO2. The third-order valence-electron chi connectivity index (χ3n) is 6.74. The Kier molecular flexibility index (Phi) is 4.93. The van der Waals surface area contributed by atoms with E-state index in [1.165, 1.54) is 50.6 Å². The lowest BCUT2D eigenvalue weighted by molar-refractivity contribution is 0.0707. The highest BCUT2D eigenvalue weighted by Gasteiger charge is 2.51. The monoisotopic (exact) mass is 329 g/mol. The van der Waals surface area contributed by atoms with E-state index in [-0.39, 0.29) is 0 Å². The van der Waals surface area contributed by atoms with Gasteiger partial charge >= 0.3 is 0 Å². The zero-order chi connectivity index (χ0) is 16.4. The number of rotatable bonds is 6. The Balaban J connectivity index is 1.58. The van der Waals surface area contributed by atoms with E-state index in [0.717, 1.165) is 18.9 Å². The zero-order valence-electron chi connectivity index (χ0n) is 15.0. The van der Waals surface area contributed by atoms with Gasteiger partial charge in [0.05, 0.1) is 19.8 Å². The Morgan fingerprint density at radius 3 is 3.04 bits per heavy atom. The van der Waals surface area contributed by atoms with Crippen LogP contribution in [0.3, 0.4) is 0 Å². The molecule has 4 rings (SSSR count). The van der Waals surface area contributed by atoms with E-state index in [4.69, 9.17) is 9.47 Å². The van der Waals surface area contributed by atoms with Gasteiger partial charge in [0.25, 0.3) is 0 Å². The summed E-state index contributed by atoms with van der Waals surface area (Å²) in [5, 5.41) is 3.85. The van der Waals surface area contributed by atoms with Crippen molar-refractivity contribution >= 4 is 0 Å². The summed E-state index contributed by atoms with van der Waals surface area (Å²) in [5.74, 6) is 0.862. The molecule has 3 heteroatoms. The van der Waals surface area contributed by atoms with Gasteiger partial charge in [-0.05, 0) is 61.3 Å². The van der Waals surface area contributed by atoms with Crippen LogP contribution in [0.1, 0.15) is 48.8 Å². The van der Waals surface area contributed by atoms with Crippen LogP contribution < -0.4 is 5.32 Å². The Morgan fingerprint density at radius 1 is 1.17 bits per heavy atom. The first-order valence-corrected chi connectivity index (χ1v) is 9.76. The van der Waals surface area contributed by atoms with Gasteiger partial charge < -0.3 is 14.8 Å². The summed E-state index contributed by atoms with van der Waals surface area (Å²) in [5.41, 5.74) is 5.32. The third-order valence-corrected chi connectivity index (χ3v) is 6.74. The van der Waals surface area contributed by atoms with Gasteiger partial charge in [-0.2, -0.15) is 0 Å². The normalized spacial score (nSPS) is 31.4. The van der Waals surface area contributed by atoms with Gasteiger partial charge in [0.1, 0.15) is 0 Å². The lowest BCUT2D eigenvalue weighted by atomic mass is 9.52. The summed E-state index contributed by atoms with van der Waals surface area (Å²) in [7, 11) is 1.72. The second-order valence-corrected chi connectivity index (χ2v) is 7.82. The zero-order valence-corrected chi connectivity index (χ0v) is 15.0. The van der Waals surface area contributed by atoms with Gasteiger partial charge in [0.15, 0.2) is 0 Å². The molecular weight excluding hydrogens is 298 g/mol. The van der Waals surface area contributed by atoms with Crippen LogP contribution in [0.4, 0.5) is 0 Å². The van der Waals surface area contributed by atoms with Gasteiger partial charge in [0.2, 0.25) is 0 Å². The van der Waals surface area contributed by atoms with Gasteiger partial charge in [-0.15, -0.1) is 0 Å². The van der Waals surface area contributed by atoms with E-state index in [0.29, 0.717) is 24.7 Å². The molecule has 1 heterocycles. The number of ether oxygens (including phenoxy) is 2. The summed E-state index contributed by atoms with van der Waals surface area (Å²) in [6.07, 6.45) is 9.23. The Hall–Kier alpha value is -0.900. The van der Waals surface area contributed by atoms with Crippen LogP contribution in [0, 0.1) is 5.92 Å². The third kappa shape index (κ3) is 2.81. The number of hydrogen-bond donors (Lipinski definition) is 1. The average molecular weight is 329 g/mol. The molecule has 3 nitrogen and oxygen atoms in total. The number of benzene rings is 1. The first-order chi connectivity index (χ1) is 11.8. The van der Waals surface area contributed by atoms with Crippen LogP contribution in [0.15, 0.2) is 18.2 Å². The van der Waals surface area contributed by atoms with Crippen molar-refractivity contribution in [3.8, 4) is 0 Å². The molecule has 2 fully saturated rings. The maximum Gasteiger partial charge on any atom is 0.0700 e. The predicted molar refractivity (Wildman–Crippen MR) is 96.6 cm³/mol.